The van der Waals surface area contributed by atoms with Crippen molar-refractivity contribution in [1.29, 1.82) is 5.26 Å². The van der Waals surface area contributed by atoms with Gasteiger partial charge in [-0.15, -0.1) is 0 Å². The van der Waals surface area contributed by atoms with Crippen LogP contribution in [0.5, 0.6) is 0 Å². The van der Waals surface area contributed by atoms with Crippen LogP contribution in [0, 0.1) is 28.5 Å². The highest BCUT2D eigenvalue weighted by atomic mass is 19.1. The van der Waals surface area contributed by atoms with Gasteiger partial charge in [0.2, 0.25) is 0 Å². The molecule has 1 fully saturated rings. The molecule has 0 spiro atoms. The highest BCUT2D eigenvalue weighted by molar-refractivity contribution is 5.34. The van der Waals surface area contributed by atoms with Crippen molar-refractivity contribution in [2.24, 2.45) is 11.3 Å². The number of hydrogen-bond acceptors (Lipinski definition) is 2. The van der Waals surface area contributed by atoms with E-state index < -0.39 is 5.82 Å². The van der Waals surface area contributed by atoms with E-state index in [1.807, 2.05) is 6.07 Å². The molecule has 1 N–H and O–H groups in total. The third kappa shape index (κ3) is 2.70. The van der Waals surface area contributed by atoms with Crippen molar-refractivity contribution in [1.82, 2.24) is 5.32 Å². The second kappa shape index (κ2) is 5.07. The summed E-state index contributed by atoms with van der Waals surface area (Å²) in [5.41, 5.74) is 1.56. The molecular formula is C15H19FN2. The number of hydrogen-bond donors (Lipinski definition) is 1. The van der Waals surface area contributed by atoms with Crippen molar-refractivity contribution >= 4 is 0 Å². The van der Waals surface area contributed by atoms with E-state index in [1.54, 1.807) is 12.1 Å². The fourth-order valence-electron chi connectivity index (χ4n) is 2.34. The van der Waals surface area contributed by atoms with Crippen molar-refractivity contribution in [3.05, 3.63) is 35.1 Å². The summed E-state index contributed by atoms with van der Waals surface area (Å²) in [4.78, 5) is 0. The Morgan fingerprint density at radius 2 is 2.17 bits per heavy atom. The first-order valence-electron chi connectivity index (χ1n) is 6.47. The van der Waals surface area contributed by atoms with Gasteiger partial charge in [0.05, 0.1) is 5.56 Å². The Labute approximate surface area is 108 Å². The first-order chi connectivity index (χ1) is 8.57. The van der Waals surface area contributed by atoms with Crippen LogP contribution in [0.2, 0.25) is 0 Å². The van der Waals surface area contributed by atoms with Crippen molar-refractivity contribution in [3.63, 3.8) is 0 Å². The molecule has 96 valence electrons. The molecule has 1 saturated carbocycles. The summed E-state index contributed by atoms with van der Waals surface area (Å²) < 4.78 is 13.2. The largest absolute Gasteiger partial charge is 0.312 e. The predicted molar refractivity (Wildman–Crippen MR) is 69.3 cm³/mol. The van der Waals surface area contributed by atoms with E-state index in [-0.39, 0.29) is 5.56 Å². The molecule has 2 rings (SSSR count). The average Bonchev–Trinajstić information content (AvgIpc) is 3.12. The molecule has 0 radical (unpaired) electrons. The summed E-state index contributed by atoms with van der Waals surface area (Å²) in [5, 5.41) is 12.2. The Kier molecular flexibility index (Phi) is 3.68. The molecule has 0 saturated heterocycles. The predicted octanol–water partition coefficient (Wildman–Crippen LogP) is 3.22. The number of halogens is 1. The molecule has 2 nitrogen and oxygen atoms in total. The molecule has 0 unspecified atom stereocenters. The lowest BCUT2D eigenvalue weighted by atomic mass is 9.92. The van der Waals surface area contributed by atoms with Gasteiger partial charge in [-0.1, -0.05) is 19.9 Å². The van der Waals surface area contributed by atoms with Crippen LogP contribution in [-0.2, 0) is 6.54 Å². The van der Waals surface area contributed by atoms with Crippen molar-refractivity contribution < 1.29 is 4.39 Å². The quantitative estimate of drug-likeness (QED) is 0.865. The number of nitrogens with one attached hydrogen (secondary N) is 1. The molecule has 18 heavy (non-hydrogen) atoms. The third-order valence-electron chi connectivity index (χ3n) is 4.07. The maximum absolute atomic E-state index is 13.2. The molecule has 0 aromatic heterocycles. The second-order valence-corrected chi connectivity index (χ2v) is 5.55. The van der Waals surface area contributed by atoms with Gasteiger partial charge in [-0.2, -0.15) is 5.26 Å². The van der Waals surface area contributed by atoms with E-state index in [9.17, 15) is 4.39 Å². The zero-order valence-corrected chi connectivity index (χ0v) is 11.0. The van der Waals surface area contributed by atoms with Crippen LogP contribution in [0.3, 0.4) is 0 Å². The fraction of sp³-hybridized carbons (Fsp3) is 0.533. The van der Waals surface area contributed by atoms with E-state index in [0.717, 1.165) is 12.1 Å². The highest BCUT2D eigenvalue weighted by Crippen LogP contribution is 2.51. The van der Waals surface area contributed by atoms with Gasteiger partial charge in [0.1, 0.15) is 11.9 Å². The van der Waals surface area contributed by atoms with Gasteiger partial charge in [-0.25, -0.2) is 4.39 Å². The Bertz CT molecular complexity index is 470. The first-order valence-corrected chi connectivity index (χ1v) is 6.47. The molecule has 3 heteroatoms. The zero-order valence-electron chi connectivity index (χ0n) is 11.0. The lowest BCUT2D eigenvalue weighted by Gasteiger charge is -2.20. The Morgan fingerprint density at radius 1 is 1.44 bits per heavy atom. The fourth-order valence-corrected chi connectivity index (χ4v) is 2.34. The minimum atomic E-state index is -0.443. The summed E-state index contributed by atoms with van der Waals surface area (Å²) in [6, 6.07) is 6.59. The van der Waals surface area contributed by atoms with E-state index in [2.05, 4.69) is 19.2 Å². The van der Waals surface area contributed by atoms with Crippen molar-refractivity contribution in [2.45, 2.75) is 33.2 Å². The van der Waals surface area contributed by atoms with Crippen LogP contribution in [0.1, 0.15) is 37.8 Å². The molecular weight excluding hydrogens is 227 g/mol. The van der Waals surface area contributed by atoms with Crippen LogP contribution in [0.4, 0.5) is 4.39 Å². The van der Waals surface area contributed by atoms with Gasteiger partial charge in [-0.3, -0.25) is 0 Å². The molecule has 0 aliphatic heterocycles. The molecule has 0 atom stereocenters. The Balaban J connectivity index is 1.90. The molecule has 1 aromatic carbocycles. The van der Waals surface area contributed by atoms with Crippen molar-refractivity contribution in [3.8, 4) is 6.07 Å². The molecule has 1 aliphatic carbocycles. The maximum Gasteiger partial charge on any atom is 0.140 e. The monoisotopic (exact) mass is 246 g/mol. The molecule has 0 amide bonds. The van der Waals surface area contributed by atoms with E-state index >= 15 is 0 Å². The van der Waals surface area contributed by atoms with Gasteiger partial charge in [-0.05, 0) is 41.9 Å². The molecule has 0 heterocycles. The summed E-state index contributed by atoms with van der Waals surface area (Å²) in [5.74, 6) is 0.259. The maximum atomic E-state index is 13.2. The summed E-state index contributed by atoms with van der Waals surface area (Å²) in [7, 11) is 0. The summed E-state index contributed by atoms with van der Waals surface area (Å²) in [6.07, 6.45) is 2.59. The van der Waals surface area contributed by atoms with Crippen LogP contribution in [-0.4, -0.2) is 6.54 Å². The van der Waals surface area contributed by atoms with E-state index in [1.165, 1.54) is 18.9 Å². The lowest BCUT2D eigenvalue weighted by Crippen LogP contribution is -2.27. The van der Waals surface area contributed by atoms with Gasteiger partial charge >= 0.3 is 0 Å². The van der Waals surface area contributed by atoms with Crippen LogP contribution < -0.4 is 5.32 Å². The molecule has 1 aliphatic rings. The second-order valence-electron chi connectivity index (χ2n) is 5.55. The Morgan fingerprint density at radius 3 is 2.72 bits per heavy atom. The van der Waals surface area contributed by atoms with Crippen molar-refractivity contribution in [2.75, 3.05) is 6.54 Å². The van der Waals surface area contributed by atoms with Gasteiger partial charge in [0.15, 0.2) is 0 Å². The standard InChI is InChI=1S/C15H19FN2/c1-11(2)15(5-6-15)10-18-9-12-3-4-14(16)13(7-12)8-17/h3-4,7,11,18H,5-6,9-10H2,1-2H3. The van der Waals surface area contributed by atoms with Gasteiger partial charge in [0.25, 0.3) is 0 Å². The molecule has 1 aromatic rings. The smallest absolute Gasteiger partial charge is 0.140 e. The summed E-state index contributed by atoms with van der Waals surface area (Å²) in [6.45, 7) is 6.23. The number of benzene rings is 1. The van der Waals surface area contributed by atoms with Crippen LogP contribution >= 0.6 is 0 Å². The Hall–Kier alpha value is -1.40. The normalized spacial score (nSPS) is 16.6. The number of rotatable bonds is 5. The topological polar surface area (TPSA) is 35.8 Å². The highest BCUT2D eigenvalue weighted by Gasteiger charge is 2.44. The zero-order chi connectivity index (χ0) is 13.2. The number of nitriles is 1. The van der Waals surface area contributed by atoms with E-state index in [4.69, 9.17) is 5.26 Å². The first kappa shape index (κ1) is 13.0. The lowest BCUT2D eigenvalue weighted by molar-refractivity contribution is 0.338. The van der Waals surface area contributed by atoms with E-state index in [0.29, 0.717) is 17.9 Å². The van der Waals surface area contributed by atoms with Gasteiger partial charge < -0.3 is 5.32 Å². The van der Waals surface area contributed by atoms with Gasteiger partial charge in [0, 0.05) is 13.1 Å². The number of nitrogens with zero attached hydrogens (tertiary/aromatic N) is 1. The summed E-state index contributed by atoms with van der Waals surface area (Å²) >= 11 is 0. The minimum Gasteiger partial charge on any atom is -0.312 e. The average molecular weight is 246 g/mol. The third-order valence-corrected chi connectivity index (χ3v) is 4.07. The van der Waals surface area contributed by atoms with Crippen LogP contribution in [0.25, 0.3) is 0 Å². The molecule has 0 bridgehead atoms. The SMILES string of the molecule is CC(C)C1(CNCc2ccc(F)c(C#N)c2)CC1. The van der Waals surface area contributed by atoms with Crippen LogP contribution in [0.15, 0.2) is 18.2 Å². The minimum absolute atomic E-state index is 0.124.